The lowest BCUT2D eigenvalue weighted by Crippen LogP contribution is -2.13. The molecule has 0 bridgehead atoms. The summed E-state index contributed by atoms with van der Waals surface area (Å²) in [5.41, 5.74) is 0.746. The molecule has 0 unspecified atom stereocenters. The summed E-state index contributed by atoms with van der Waals surface area (Å²) in [6, 6.07) is 14.7. The van der Waals surface area contributed by atoms with Crippen molar-refractivity contribution in [2.24, 2.45) is 0 Å². The normalized spacial score (nSPS) is 10.1. The minimum absolute atomic E-state index is 0.0694. The van der Waals surface area contributed by atoms with Crippen LogP contribution in [0.3, 0.4) is 0 Å². The van der Waals surface area contributed by atoms with Gasteiger partial charge in [0.05, 0.1) is 17.9 Å². The SMILES string of the molecule is COc1ccc(NC(=O)CSc2ccccc2Cl)cc1. The molecule has 0 heterocycles. The molecule has 2 aromatic rings. The maximum absolute atomic E-state index is 11.8. The van der Waals surface area contributed by atoms with Crippen LogP contribution < -0.4 is 10.1 Å². The van der Waals surface area contributed by atoms with Crippen molar-refractivity contribution in [3.05, 3.63) is 53.6 Å². The number of methoxy groups -OCH3 is 1. The van der Waals surface area contributed by atoms with Crippen LogP contribution in [0.1, 0.15) is 0 Å². The van der Waals surface area contributed by atoms with Gasteiger partial charge >= 0.3 is 0 Å². The molecule has 0 saturated carbocycles. The van der Waals surface area contributed by atoms with Gasteiger partial charge in [-0.15, -0.1) is 11.8 Å². The topological polar surface area (TPSA) is 38.3 Å². The fraction of sp³-hybridized carbons (Fsp3) is 0.133. The molecule has 0 aliphatic carbocycles. The number of hydrogen-bond acceptors (Lipinski definition) is 3. The summed E-state index contributed by atoms with van der Waals surface area (Å²) in [4.78, 5) is 12.7. The predicted molar refractivity (Wildman–Crippen MR) is 83.8 cm³/mol. The van der Waals surface area contributed by atoms with Crippen molar-refractivity contribution in [2.45, 2.75) is 4.90 Å². The van der Waals surface area contributed by atoms with Crippen molar-refractivity contribution in [3.8, 4) is 5.75 Å². The smallest absolute Gasteiger partial charge is 0.234 e. The summed E-state index contributed by atoms with van der Waals surface area (Å²) < 4.78 is 5.06. The number of ether oxygens (including phenoxy) is 1. The van der Waals surface area contributed by atoms with Gasteiger partial charge in [-0.05, 0) is 36.4 Å². The zero-order valence-electron chi connectivity index (χ0n) is 10.9. The van der Waals surface area contributed by atoms with Crippen molar-refractivity contribution in [3.63, 3.8) is 0 Å². The van der Waals surface area contributed by atoms with Crippen LogP contribution in [0, 0.1) is 0 Å². The van der Waals surface area contributed by atoms with Gasteiger partial charge in [-0.3, -0.25) is 4.79 Å². The monoisotopic (exact) mass is 307 g/mol. The average Bonchev–Trinajstić information content (AvgIpc) is 2.47. The molecule has 1 amide bonds. The Bertz CT molecular complexity index is 587. The number of carbonyl (C=O) groups excluding carboxylic acids is 1. The predicted octanol–water partition coefficient (Wildman–Crippen LogP) is 4.08. The van der Waals surface area contributed by atoms with Crippen LogP contribution in [-0.4, -0.2) is 18.8 Å². The fourth-order valence-corrected chi connectivity index (χ4v) is 2.62. The highest BCUT2D eigenvalue weighted by atomic mass is 35.5. The Balaban J connectivity index is 1.87. The number of thioether (sulfide) groups is 1. The molecule has 2 aromatic carbocycles. The van der Waals surface area contributed by atoms with Crippen LogP contribution in [0.2, 0.25) is 5.02 Å². The van der Waals surface area contributed by atoms with E-state index in [1.54, 1.807) is 31.4 Å². The van der Waals surface area contributed by atoms with Gasteiger partial charge in [0.25, 0.3) is 0 Å². The van der Waals surface area contributed by atoms with E-state index in [-0.39, 0.29) is 5.91 Å². The summed E-state index contributed by atoms with van der Waals surface area (Å²) in [6.07, 6.45) is 0. The number of carbonyl (C=O) groups is 1. The molecule has 104 valence electrons. The van der Waals surface area contributed by atoms with E-state index in [1.807, 2.05) is 24.3 Å². The average molecular weight is 308 g/mol. The van der Waals surface area contributed by atoms with Gasteiger partial charge < -0.3 is 10.1 Å². The first-order chi connectivity index (χ1) is 9.69. The van der Waals surface area contributed by atoms with Crippen molar-refractivity contribution in [1.82, 2.24) is 0 Å². The molecule has 0 radical (unpaired) electrons. The third-order valence-electron chi connectivity index (χ3n) is 2.57. The van der Waals surface area contributed by atoms with Crippen LogP contribution in [0.15, 0.2) is 53.4 Å². The van der Waals surface area contributed by atoms with E-state index in [0.717, 1.165) is 16.3 Å². The third kappa shape index (κ3) is 4.18. The highest BCUT2D eigenvalue weighted by Crippen LogP contribution is 2.26. The largest absolute Gasteiger partial charge is 0.497 e. The number of anilines is 1. The number of nitrogens with one attached hydrogen (secondary N) is 1. The number of rotatable bonds is 5. The van der Waals surface area contributed by atoms with Crippen molar-refractivity contribution in [2.75, 3.05) is 18.2 Å². The van der Waals surface area contributed by atoms with Gasteiger partial charge in [0.2, 0.25) is 5.91 Å². The molecule has 1 N–H and O–H groups in total. The molecule has 0 aliphatic rings. The number of halogens is 1. The second-order valence-corrected chi connectivity index (χ2v) is 5.42. The molecular formula is C15H14ClNO2S. The second-order valence-electron chi connectivity index (χ2n) is 4.00. The lowest BCUT2D eigenvalue weighted by atomic mass is 10.3. The van der Waals surface area contributed by atoms with E-state index in [0.29, 0.717) is 10.8 Å². The van der Waals surface area contributed by atoms with Gasteiger partial charge in [0.1, 0.15) is 5.75 Å². The van der Waals surface area contributed by atoms with Crippen LogP contribution in [0.25, 0.3) is 0 Å². The molecule has 0 spiro atoms. The lowest BCUT2D eigenvalue weighted by molar-refractivity contribution is -0.113. The van der Waals surface area contributed by atoms with Crippen LogP contribution in [0.5, 0.6) is 5.75 Å². The highest BCUT2D eigenvalue weighted by Gasteiger charge is 2.06. The minimum Gasteiger partial charge on any atom is -0.497 e. The van der Waals surface area contributed by atoms with Gasteiger partial charge in [0.15, 0.2) is 0 Å². The summed E-state index contributed by atoms with van der Waals surface area (Å²) >= 11 is 7.45. The van der Waals surface area contributed by atoms with E-state index in [2.05, 4.69) is 5.32 Å². The Morgan fingerprint density at radius 3 is 2.55 bits per heavy atom. The molecule has 0 aliphatic heterocycles. The molecule has 2 rings (SSSR count). The first-order valence-electron chi connectivity index (χ1n) is 6.00. The van der Waals surface area contributed by atoms with Crippen molar-refractivity contribution >= 4 is 35.0 Å². The standard InChI is InChI=1S/C15H14ClNO2S/c1-19-12-8-6-11(7-9-12)17-15(18)10-20-14-5-3-2-4-13(14)16/h2-9H,10H2,1H3,(H,17,18). The van der Waals surface area contributed by atoms with Crippen LogP contribution in [-0.2, 0) is 4.79 Å². The van der Waals surface area contributed by atoms with Crippen molar-refractivity contribution in [1.29, 1.82) is 0 Å². The fourth-order valence-electron chi connectivity index (χ4n) is 1.58. The quantitative estimate of drug-likeness (QED) is 0.846. The second kappa shape index (κ2) is 7.22. The number of amides is 1. The molecular weight excluding hydrogens is 294 g/mol. The Hall–Kier alpha value is -1.65. The van der Waals surface area contributed by atoms with Gasteiger partial charge in [0, 0.05) is 10.6 Å². The summed E-state index contributed by atoms with van der Waals surface area (Å²) in [7, 11) is 1.60. The van der Waals surface area contributed by atoms with Gasteiger partial charge in [-0.2, -0.15) is 0 Å². The van der Waals surface area contributed by atoms with E-state index in [1.165, 1.54) is 11.8 Å². The maximum atomic E-state index is 11.8. The first kappa shape index (κ1) is 14.8. The van der Waals surface area contributed by atoms with Gasteiger partial charge in [-0.1, -0.05) is 23.7 Å². The van der Waals surface area contributed by atoms with Crippen molar-refractivity contribution < 1.29 is 9.53 Å². The van der Waals surface area contributed by atoms with E-state index < -0.39 is 0 Å². The van der Waals surface area contributed by atoms with E-state index in [4.69, 9.17) is 16.3 Å². The zero-order chi connectivity index (χ0) is 14.4. The Morgan fingerprint density at radius 1 is 1.20 bits per heavy atom. The number of hydrogen-bond donors (Lipinski definition) is 1. The summed E-state index contributed by atoms with van der Waals surface area (Å²) in [5, 5.41) is 3.49. The van der Waals surface area contributed by atoms with Crippen LogP contribution >= 0.6 is 23.4 Å². The molecule has 0 atom stereocenters. The molecule has 0 saturated heterocycles. The Morgan fingerprint density at radius 2 is 1.90 bits per heavy atom. The molecule has 0 aromatic heterocycles. The summed E-state index contributed by atoms with van der Waals surface area (Å²) in [6.45, 7) is 0. The third-order valence-corrected chi connectivity index (χ3v) is 4.08. The molecule has 5 heteroatoms. The molecule has 20 heavy (non-hydrogen) atoms. The first-order valence-corrected chi connectivity index (χ1v) is 7.36. The van der Waals surface area contributed by atoms with E-state index >= 15 is 0 Å². The molecule has 0 fully saturated rings. The Labute approximate surface area is 127 Å². The minimum atomic E-state index is -0.0694. The summed E-state index contributed by atoms with van der Waals surface area (Å²) in [5.74, 6) is 1.00. The van der Waals surface area contributed by atoms with Gasteiger partial charge in [-0.25, -0.2) is 0 Å². The zero-order valence-corrected chi connectivity index (χ0v) is 12.5. The Kier molecular flexibility index (Phi) is 5.32. The molecule has 3 nitrogen and oxygen atoms in total. The van der Waals surface area contributed by atoms with E-state index in [9.17, 15) is 4.79 Å². The number of benzene rings is 2. The highest BCUT2D eigenvalue weighted by molar-refractivity contribution is 8.00. The lowest BCUT2D eigenvalue weighted by Gasteiger charge is -2.07. The van der Waals surface area contributed by atoms with Crippen LogP contribution in [0.4, 0.5) is 5.69 Å². The maximum Gasteiger partial charge on any atom is 0.234 e.